The van der Waals surface area contributed by atoms with Gasteiger partial charge in [0.25, 0.3) is 0 Å². The average Bonchev–Trinajstić information content (AvgIpc) is 2.86. The molecule has 1 atom stereocenters. The Hall–Kier alpha value is -1.72. The first kappa shape index (κ1) is 9.82. The lowest BCUT2D eigenvalue weighted by atomic mass is 10.3. The zero-order valence-corrected chi connectivity index (χ0v) is 8.46. The topological polar surface area (TPSA) is 68.1 Å². The van der Waals surface area contributed by atoms with Crippen LogP contribution >= 0.6 is 0 Å². The maximum absolute atomic E-state index is 11.1. The molecule has 0 unspecified atom stereocenters. The van der Waals surface area contributed by atoms with Gasteiger partial charge in [-0.2, -0.15) is 0 Å². The highest BCUT2D eigenvalue weighted by atomic mass is 16.2. The quantitative estimate of drug-likeness (QED) is 0.635. The van der Waals surface area contributed by atoms with Gasteiger partial charge in [-0.25, -0.2) is 4.68 Å². The van der Waals surface area contributed by atoms with E-state index >= 15 is 0 Å². The second-order valence-electron chi connectivity index (χ2n) is 3.65. The molecule has 0 radical (unpaired) electrons. The van der Waals surface area contributed by atoms with Gasteiger partial charge in [0.2, 0.25) is 5.91 Å². The molecule has 80 valence electrons. The molecule has 1 aromatic heterocycles. The standard InChI is InChI=1S/C9H12N4O2/c1-7(15)12-3-2-9(5-12)13-4-8(6-14)10-11-13/h4,6,9H,2-3,5H2,1H3/t9-/m0/s1. The molecule has 0 aromatic carbocycles. The van der Waals surface area contributed by atoms with Crippen molar-refractivity contribution in [1.29, 1.82) is 0 Å². The summed E-state index contributed by atoms with van der Waals surface area (Å²) in [5, 5.41) is 7.55. The van der Waals surface area contributed by atoms with Crippen molar-refractivity contribution in [3.63, 3.8) is 0 Å². The Morgan fingerprint density at radius 2 is 2.47 bits per heavy atom. The van der Waals surface area contributed by atoms with E-state index in [1.807, 2.05) is 0 Å². The Kier molecular flexibility index (Phi) is 2.49. The number of hydrogen-bond donors (Lipinski definition) is 0. The van der Waals surface area contributed by atoms with Gasteiger partial charge in [0, 0.05) is 20.0 Å². The van der Waals surface area contributed by atoms with Gasteiger partial charge in [-0.1, -0.05) is 5.21 Å². The van der Waals surface area contributed by atoms with Crippen LogP contribution in [0, 0.1) is 0 Å². The number of carbonyl (C=O) groups excluding carboxylic acids is 2. The first-order valence-electron chi connectivity index (χ1n) is 4.83. The number of likely N-dealkylation sites (tertiary alicyclic amines) is 1. The normalized spacial score (nSPS) is 20.6. The van der Waals surface area contributed by atoms with Gasteiger partial charge in [0.15, 0.2) is 6.29 Å². The Morgan fingerprint density at radius 1 is 1.67 bits per heavy atom. The summed E-state index contributed by atoms with van der Waals surface area (Å²) in [6.45, 7) is 2.95. The summed E-state index contributed by atoms with van der Waals surface area (Å²) in [6.07, 6.45) is 3.14. The zero-order valence-electron chi connectivity index (χ0n) is 8.46. The largest absolute Gasteiger partial charge is 0.341 e. The van der Waals surface area contributed by atoms with Crippen molar-refractivity contribution in [3.8, 4) is 0 Å². The molecule has 1 amide bonds. The second kappa shape index (κ2) is 3.80. The number of rotatable bonds is 2. The van der Waals surface area contributed by atoms with Crippen LogP contribution in [0.2, 0.25) is 0 Å². The van der Waals surface area contributed by atoms with Gasteiger partial charge in [0.1, 0.15) is 5.69 Å². The third-order valence-corrected chi connectivity index (χ3v) is 2.63. The van der Waals surface area contributed by atoms with Gasteiger partial charge < -0.3 is 4.90 Å². The van der Waals surface area contributed by atoms with Crippen LogP contribution in [0.4, 0.5) is 0 Å². The zero-order chi connectivity index (χ0) is 10.8. The van der Waals surface area contributed by atoms with E-state index in [9.17, 15) is 9.59 Å². The predicted molar refractivity (Wildman–Crippen MR) is 51.3 cm³/mol. The molecule has 6 nitrogen and oxygen atoms in total. The molecule has 6 heteroatoms. The van der Waals surface area contributed by atoms with Crippen LogP contribution in [0.25, 0.3) is 0 Å². The summed E-state index contributed by atoms with van der Waals surface area (Å²) in [7, 11) is 0. The lowest BCUT2D eigenvalue weighted by molar-refractivity contribution is -0.127. The number of amides is 1. The number of carbonyl (C=O) groups is 2. The van der Waals surface area contributed by atoms with E-state index in [1.165, 1.54) is 0 Å². The molecule has 1 saturated heterocycles. The molecule has 1 aromatic rings. The van der Waals surface area contributed by atoms with E-state index < -0.39 is 0 Å². The third-order valence-electron chi connectivity index (χ3n) is 2.63. The number of aromatic nitrogens is 3. The lowest BCUT2D eigenvalue weighted by Gasteiger charge is -2.13. The maximum atomic E-state index is 11.1. The summed E-state index contributed by atoms with van der Waals surface area (Å²) in [5.41, 5.74) is 0.330. The third kappa shape index (κ3) is 1.88. The molecule has 0 saturated carbocycles. The van der Waals surface area contributed by atoms with Crippen molar-refractivity contribution in [1.82, 2.24) is 19.9 Å². The fourth-order valence-corrected chi connectivity index (χ4v) is 1.77. The second-order valence-corrected chi connectivity index (χ2v) is 3.65. The van der Waals surface area contributed by atoms with Crippen molar-refractivity contribution in [2.45, 2.75) is 19.4 Å². The summed E-state index contributed by atoms with van der Waals surface area (Å²) in [4.78, 5) is 23.3. The maximum Gasteiger partial charge on any atom is 0.219 e. The Labute approximate surface area is 86.9 Å². The van der Waals surface area contributed by atoms with Crippen LogP contribution < -0.4 is 0 Å². The molecule has 1 aliphatic rings. The average molecular weight is 208 g/mol. The molecule has 2 heterocycles. The van der Waals surface area contributed by atoms with E-state index in [0.29, 0.717) is 18.5 Å². The first-order chi connectivity index (χ1) is 7.20. The van der Waals surface area contributed by atoms with Gasteiger partial charge in [0.05, 0.1) is 12.2 Å². The summed E-state index contributed by atoms with van der Waals surface area (Å²) < 4.78 is 1.66. The van der Waals surface area contributed by atoms with Crippen LogP contribution in [0.5, 0.6) is 0 Å². The highest BCUT2D eigenvalue weighted by Gasteiger charge is 2.26. The molecule has 1 aliphatic heterocycles. The molecule has 0 bridgehead atoms. The SMILES string of the molecule is CC(=O)N1CC[C@H](n2cc(C=O)nn2)C1. The fraction of sp³-hybridized carbons (Fsp3) is 0.556. The molecule has 2 rings (SSSR count). The number of hydrogen-bond acceptors (Lipinski definition) is 4. The smallest absolute Gasteiger partial charge is 0.219 e. The molecule has 0 N–H and O–H groups in total. The molecular weight excluding hydrogens is 196 g/mol. The minimum Gasteiger partial charge on any atom is -0.341 e. The van der Waals surface area contributed by atoms with Crippen LogP contribution in [0.1, 0.15) is 29.9 Å². The van der Waals surface area contributed by atoms with Crippen molar-refractivity contribution >= 4 is 12.2 Å². The van der Waals surface area contributed by atoms with Gasteiger partial charge >= 0.3 is 0 Å². The number of nitrogens with zero attached hydrogens (tertiary/aromatic N) is 4. The molecule has 0 spiro atoms. The monoisotopic (exact) mass is 208 g/mol. The van der Waals surface area contributed by atoms with Crippen LogP contribution in [0.3, 0.4) is 0 Å². The van der Waals surface area contributed by atoms with Gasteiger partial charge in [-0.05, 0) is 6.42 Å². The summed E-state index contributed by atoms with van der Waals surface area (Å²) in [5.74, 6) is 0.0771. The highest BCUT2D eigenvalue weighted by Crippen LogP contribution is 2.20. The van der Waals surface area contributed by atoms with Gasteiger partial charge in [-0.3, -0.25) is 9.59 Å². The van der Waals surface area contributed by atoms with Crippen molar-refractivity contribution in [2.24, 2.45) is 0 Å². The minimum atomic E-state index is 0.0771. The van der Waals surface area contributed by atoms with E-state index in [2.05, 4.69) is 10.3 Å². The molecule has 0 aliphatic carbocycles. The van der Waals surface area contributed by atoms with Crippen LogP contribution in [-0.4, -0.2) is 45.2 Å². The van der Waals surface area contributed by atoms with Crippen LogP contribution in [-0.2, 0) is 4.79 Å². The Morgan fingerprint density at radius 3 is 3.00 bits per heavy atom. The van der Waals surface area contributed by atoms with Crippen LogP contribution in [0.15, 0.2) is 6.20 Å². The predicted octanol–water partition coefficient (Wildman–Crippen LogP) is -0.116. The first-order valence-corrected chi connectivity index (χ1v) is 4.83. The molecular formula is C9H12N4O2. The van der Waals surface area contributed by atoms with E-state index in [0.717, 1.165) is 13.0 Å². The molecule has 1 fully saturated rings. The Balaban J connectivity index is 2.07. The summed E-state index contributed by atoms with van der Waals surface area (Å²) >= 11 is 0. The van der Waals surface area contributed by atoms with E-state index in [1.54, 1.807) is 22.7 Å². The highest BCUT2D eigenvalue weighted by molar-refractivity contribution is 5.73. The summed E-state index contributed by atoms with van der Waals surface area (Å²) in [6, 6.07) is 0.148. The number of aldehydes is 1. The minimum absolute atomic E-state index is 0.0771. The van der Waals surface area contributed by atoms with Crippen molar-refractivity contribution in [3.05, 3.63) is 11.9 Å². The lowest BCUT2D eigenvalue weighted by Crippen LogP contribution is -2.26. The van der Waals surface area contributed by atoms with Crippen molar-refractivity contribution in [2.75, 3.05) is 13.1 Å². The van der Waals surface area contributed by atoms with E-state index in [-0.39, 0.29) is 11.9 Å². The van der Waals surface area contributed by atoms with E-state index in [4.69, 9.17) is 0 Å². The Bertz CT molecular complexity index is 387. The molecule has 15 heavy (non-hydrogen) atoms. The fourth-order valence-electron chi connectivity index (χ4n) is 1.77. The van der Waals surface area contributed by atoms with Gasteiger partial charge in [-0.15, -0.1) is 5.10 Å². The van der Waals surface area contributed by atoms with Crippen molar-refractivity contribution < 1.29 is 9.59 Å².